The molecular weight excluding hydrogens is 379 g/mol. The summed E-state index contributed by atoms with van der Waals surface area (Å²) in [5.74, 6) is -2.53. The molecule has 1 rings (SSSR count). The van der Waals surface area contributed by atoms with E-state index < -0.39 is 30.5 Å². The number of ether oxygens (including phenoxy) is 1. The lowest BCUT2D eigenvalue weighted by atomic mass is 10.2. The van der Waals surface area contributed by atoms with Crippen molar-refractivity contribution in [2.45, 2.75) is 25.6 Å². The van der Waals surface area contributed by atoms with Crippen LogP contribution >= 0.6 is 27.3 Å². The van der Waals surface area contributed by atoms with E-state index in [0.29, 0.717) is 9.35 Å². The zero-order chi connectivity index (χ0) is 16.4. The highest BCUT2D eigenvalue weighted by atomic mass is 79.9. The first-order valence-corrected chi connectivity index (χ1v) is 7.11. The van der Waals surface area contributed by atoms with Crippen LogP contribution in [0.2, 0.25) is 0 Å². The van der Waals surface area contributed by atoms with Gasteiger partial charge in [-0.25, -0.2) is 4.79 Å². The van der Waals surface area contributed by atoms with E-state index in [1.807, 2.05) is 5.32 Å². The number of carboxylic acid groups (broad SMARTS) is 1. The fourth-order valence-corrected chi connectivity index (χ4v) is 3.14. The average molecular weight is 390 g/mol. The standard InChI is InChI=1S/C11H11BrF3NO4S/c1-4-6(12)7(20-2)8(21-4)9(17)16-5(10(18)19)3-11(13,14)15/h5H,3H2,1-2H3,(H,16,17)(H,18,19). The van der Waals surface area contributed by atoms with Gasteiger partial charge in [-0.1, -0.05) is 0 Å². The summed E-state index contributed by atoms with van der Waals surface area (Å²) in [6, 6.07) is -2.05. The number of amides is 1. The van der Waals surface area contributed by atoms with Crippen LogP contribution in [0.15, 0.2) is 4.47 Å². The van der Waals surface area contributed by atoms with Gasteiger partial charge < -0.3 is 15.2 Å². The van der Waals surface area contributed by atoms with Gasteiger partial charge in [-0.3, -0.25) is 4.79 Å². The third-order valence-electron chi connectivity index (χ3n) is 2.42. The summed E-state index contributed by atoms with van der Waals surface area (Å²) >= 11 is 4.17. The van der Waals surface area contributed by atoms with Gasteiger partial charge in [0.2, 0.25) is 0 Å². The first-order chi connectivity index (χ1) is 9.56. The minimum atomic E-state index is -4.70. The fraction of sp³-hybridized carbons (Fsp3) is 0.455. The maximum Gasteiger partial charge on any atom is 0.391 e. The van der Waals surface area contributed by atoms with Gasteiger partial charge in [0, 0.05) is 4.88 Å². The summed E-state index contributed by atoms with van der Waals surface area (Å²) in [4.78, 5) is 23.5. The van der Waals surface area contributed by atoms with Crippen LogP contribution in [-0.4, -0.2) is 36.3 Å². The highest BCUT2D eigenvalue weighted by molar-refractivity contribution is 9.10. The number of methoxy groups -OCH3 is 1. The lowest BCUT2D eigenvalue weighted by Gasteiger charge is -2.16. The van der Waals surface area contributed by atoms with Gasteiger partial charge >= 0.3 is 12.1 Å². The van der Waals surface area contributed by atoms with E-state index >= 15 is 0 Å². The molecule has 1 unspecified atom stereocenters. The van der Waals surface area contributed by atoms with E-state index in [2.05, 4.69) is 15.9 Å². The largest absolute Gasteiger partial charge is 0.494 e. The van der Waals surface area contributed by atoms with Gasteiger partial charge in [-0.15, -0.1) is 11.3 Å². The van der Waals surface area contributed by atoms with Crippen LogP contribution < -0.4 is 10.1 Å². The second-order valence-electron chi connectivity index (χ2n) is 4.02. The maximum absolute atomic E-state index is 12.3. The number of nitrogens with one attached hydrogen (secondary N) is 1. The Hall–Kier alpha value is -1.29. The third kappa shape index (κ3) is 4.60. The van der Waals surface area contributed by atoms with Gasteiger partial charge in [0.15, 0.2) is 5.75 Å². The Morgan fingerprint density at radius 1 is 1.48 bits per heavy atom. The first kappa shape index (κ1) is 17.8. The number of hydrogen-bond acceptors (Lipinski definition) is 4. The summed E-state index contributed by atoms with van der Waals surface area (Å²) < 4.78 is 42.4. The first-order valence-electron chi connectivity index (χ1n) is 5.50. The summed E-state index contributed by atoms with van der Waals surface area (Å²) in [6.45, 7) is 1.68. The molecule has 1 aromatic heterocycles. The topological polar surface area (TPSA) is 75.6 Å². The molecule has 0 aliphatic heterocycles. The predicted molar refractivity (Wildman–Crippen MR) is 72.9 cm³/mol. The Bertz CT molecular complexity index is 558. The summed E-state index contributed by atoms with van der Waals surface area (Å²) in [6.07, 6.45) is -6.35. The molecule has 0 aromatic carbocycles. The molecule has 0 saturated heterocycles. The van der Waals surface area contributed by atoms with E-state index in [1.165, 1.54) is 7.11 Å². The zero-order valence-corrected chi connectivity index (χ0v) is 13.3. The molecule has 1 aromatic rings. The number of rotatable bonds is 5. The van der Waals surface area contributed by atoms with Crippen molar-refractivity contribution < 1.29 is 32.6 Å². The summed E-state index contributed by atoms with van der Waals surface area (Å²) in [5.41, 5.74) is 0. The molecule has 0 spiro atoms. The van der Waals surface area contributed by atoms with Gasteiger partial charge in [-0.2, -0.15) is 13.2 Å². The maximum atomic E-state index is 12.3. The lowest BCUT2D eigenvalue weighted by molar-refractivity contribution is -0.157. The molecule has 1 amide bonds. The molecule has 0 saturated carbocycles. The quantitative estimate of drug-likeness (QED) is 0.811. The van der Waals surface area contributed by atoms with Crippen LogP contribution in [0.5, 0.6) is 5.75 Å². The van der Waals surface area contributed by atoms with Crippen LogP contribution in [-0.2, 0) is 4.79 Å². The van der Waals surface area contributed by atoms with Gasteiger partial charge in [0.1, 0.15) is 10.9 Å². The van der Waals surface area contributed by atoms with Crippen LogP contribution in [0.25, 0.3) is 0 Å². The van der Waals surface area contributed by atoms with E-state index in [-0.39, 0.29) is 10.6 Å². The number of carbonyl (C=O) groups excluding carboxylic acids is 1. The monoisotopic (exact) mass is 389 g/mol. The van der Waals surface area contributed by atoms with E-state index in [9.17, 15) is 22.8 Å². The number of aliphatic carboxylic acids is 1. The molecular formula is C11H11BrF3NO4S. The smallest absolute Gasteiger partial charge is 0.391 e. The normalized spacial score (nSPS) is 12.9. The second kappa shape index (κ2) is 6.65. The van der Waals surface area contributed by atoms with Crippen molar-refractivity contribution in [3.63, 3.8) is 0 Å². The second-order valence-corrected chi connectivity index (χ2v) is 6.04. The van der Waals surface area contributed by atoms with Crippen molar-refractivity contribution in [1.82, 2.24) is 5.32 Å². The number of carboxylic acids is 1. The molecule has 0 fully saturated rings. The fourth-order valence-electron chi connectivity index (χ4n) is 1.49. The SMILES string of the molecule is COc1c(C(=O)NC(CC(F)(F)F)C(=O)O)sc(C)c1Br. The molecule has 2 N–H and O–H groups in total. The Morgan fingerprint density at radius 3 is 2.48 bits per heavy atom. The van der Waals surface area contributed by atoms with E-state index in [1.54, 1.807) is 6.92 Å². The Labute approximate surface area is 130 Å². The minimum absolute atomic E-state index is 0.00954. The molecule has 10 heteroatoms. The van der Waals surface area contributed by atoms with Crippen LogP contribution in [0, 0.1) is 6.92 Å². The average Bonchev–Trinajstić information content (AvgIpc) is 2.62. The van der Waals surface area contributed by atoms with Crippen molar-refractivity contribution in [1.29, 1.82) is 0 Å². The Kier molecular flexibility index (Phi) is 5.62. The number of alkyl halides is 3. The molecule has 0 bridgehead atoms. The van der Waals surface area contributed by atoms with Gasteiger partial charge in [0.05, 0.1) is 18.0 Å². The number of thiophene rings is 1. The number of hydrogen-bond donors (Lipinski definition) is 2. The van der Waals surface area contributed by atoms with Crippen LogP contribution in [0.4, 0.5) is 13.2 Å². The van der Waals surface area contributed by atoms with Crippen molar-refractivity contribution in [3.8, 4) is 5.75 Å². The van der Waals surface area contributed by atoms with Crippen molar-refractivity contribution in [3.05, 3.63) is 14.2 Å². The molecule has 0 aliphatic rings. The molecule has 21 heavy (non-hydrogen) atoms. The van der Waals surface area contributed by atoms with Gasteiger partial charge in [0.25, 0.3) is 5.91 Å². The molecule has 0 radical (unpaired) electrons. The summed E-state index contributed by atoms with van der Waals surface area (Å²) in [5, 5.41) is 10.6. The van der Waals surface area contributed by atoms with Crippen LogP contribution in [0.3, 0.4) is 0 Å². The van der Waals surface area contributed by atoms with E-state index in [0.717, 1.165) is 11.3 Å². The Balaban J connectivity index is 2.98. The molecule has 1 heterocycles. The highest BCUT2D eigenvalue weighted by Crippen LogP contribution is 2.39. The number of aryl methyl sites for hydroxylation is 1. The molecule has 5 nitrogen and oxygen atoms in total. The van der Waals surface area contributed by atoms with Gasteiger partial charge in [-0.05, 0) is 22.9 Å². The van der Waals surface area contributed by atoms with Crippen molar-refractivity contribution >= 4 is 39.1 Å². The third-order valence-corrected chi connectivity index (χ3v) is 4.72. The summed E-state index contributed by atoms with van der Waals surface area (Å²) in [7, 11) is 1.30. The number of carbonyl (C=O) groups is 2. The Morgan fingerprint density at radius 2 is 2.05 bits per heavy atom. The van der Waals surface area contributed by atoms with Crippen LogP contribution in [0.1, 0.15) is 21.0 Å². The number of halogens is 4. The lowest BCUT2D eigenvalue weighted by Crippen LogP contribution is -2.43. The minimum Gasteiger partial charge on any atom is -0.494 e. The van der Waals surface area contributed by atoms with E-state index in [4.69, 9.17) is 9.84 Å². The zero-order valence-electron chi connectivity index (χ0n) is 10.9. The van der Waals surface area contributed by atoms with Crippen molar-refractivity contribution in [2.75, 3.05) is 7.11 Å². The molecule has 0 aliphatic carbocycles. The van der Waals surface area contributed by atoms with Crippen molar-refractivity contribution in [2.24, 2.45) is 0 Å². The molecule has 118 valence electrons. The highest BCUT2D eigenvalue weighted by Gasteiger charge is 2.37. The molecule has 1 atom stereocenters. The predicted octanol–water partition coefficient (Wildman–Crippen LogP) is 2.96.